The number of benzene rings is 1. The molecule has 0 radical (unpaired) electrons. The van der Waals surface area contributed by atoms with Crippen molar-refractivity contribution in [2.75, 3.05) is 12.8 Å². The topological polar surface area (TPSA) is 66.6 Å². The van der Waals surface area contributed by atoms with Crippen LogP contribution >= 0.6 is 0 Å². The molecule has 2 rings (SSSR count). The molecule has 0 atom stereocenters. The van der Waals surface area contributed by atoms with Crippen LogP contribution in [0.3, 0.4) is 0 Å². The van der Waals surface area contributed by atoms with Gasteiger partial charge >= 0.3 is 0 Å². The molecule has 0 unspecified atom stereocenters. The van der Waals surface area contributed by atoms with Gasteiger partial charge in [-0.2, -0.15) is 0 Å². The monoisotopic (exact) mass is 276 g/mol. The van der Waals surface area contributed by atoms with Gasteiger partial charge in [-0.3, -0.25) is 4.79 Å². The lowest BCUT2D eigenvalue weighted by Gasteiger charge is -2.38. The van der Waals surface area contributed by atoms with Gasteiger partial charge < -0.3 is 15.7 Å². The molecule has 1 aliphatic carbocycles. The number of phenols is 1. The summed E-state index contributed by atoms with van der Waals surface area (Å²) in [4.78, 5) is 14.2. The van der Waals surface area contributed by atoms with Crippen LogP contribution in [0.1, 0.15) is 49.9 Å². The first kappa shape index (κ1) is 14.7. The second-order valence-electron chi connectivity index (χ2n) is 6.55. The van der Waals surface area contributed by atoms with E-state index in [1.807, 2.05) is 7.05 Å². The molecule has 4 nitrogen and oxygen atoms in total. The zero-order valence-electron chi connectivity index (χ0n) is 12.5. The molecule has 0 saturated heterocycles. The van der Waals surface area contributed by atoms with E-state index in [1.165, 1.54) is 0 Å². The number of amides is 1. The van der Waals surface area contributed by atoms with Crippen molar-refractivity contribution in [3.8, 4) is 5.75 Å². The van der Waals surface area contributed by atoms with Gasteiger partial charge in [-0.25, -0.2) is 0 Å². The molecule has 4 heteroatoms. The lowest BCUT2D eigenvalue weighted by atomic mass is 9.75. The largest absolute Gasteiger partial charge is 0.505 e. The average molecular weight is 276 g/mol. The fourth-order valence-electron chi connectivity index (χ4n) is 2.86. The summed E-state index contributed by atoms with van der Waals surface area (Å²) in [5.41, 5.74) is 6.56. The number of nitrogens with two attached hydrogens (primary N) is 1. The van der Waals surface area contributed by atoms with Crippen LogP contribution in [-0.2, 0) is 0 Å². The second kappa shape index (κ2) is 5.35. The van der Waals surface area contributed by atoms with E-state index in [4.69, 9.17) is 5.73 Å². The van der Waals surface area contributed by atoms with Gasteiger partial charge in [0.05, 0.1) is 11.3 Å². The Bertz CT molecular complexity index is 501. The molecule has 110 valence electrons. The third kappa shape index (κ3) is 2.89. The minimum absolute atomic E-state index is 0.111. The first-order valence-corrected chi connectivity index (χ1v) is 7.16. The Kier molecular flexibility index (Phi) is 3.93. The standard InChI is InChI=1S/C16H24N2O2/c1-16(2)9-7-11(8-10-16)18(3)15(20)12-5-4-6-13(17)14(12)19/h4-6,11,19H,7-10,17H2,1-3H3. The average Bonchev–Trinajstić information content (AvgIpc) is 2.40. The Morgan fingerprint density at radius 2 is 1.95 bits per heavy atom. The Morgan fingerprint density at radius 1 is 1.35 bits per heavy atom. The van der Waals surface area contributed by atoms with Crippen molar-refractivity contribution in [2.24, 2.45) is 5.41 Å². The van der Waals surface area contributed by atoms with Crippen molar-refractivity contribution in [1.29, 1.82) is 0 Å². The Hall–Kier alpha value is -1.71. The third-order valence-corrected chi connectivity index (χ3v) is 4.47. The van der Waals surface area contributed by atoms with Crippen LogP contribution in [-0.4, -0.2) is 29.0 Å². The molecule has 0 aliphatic heterocycles. The summed E-state index contributed by atoms with van der Waals surface area (Å²) in [6, 6.07) is 5.16. The highest BCUT2D eigenvalue weighted by Crippen LogP contribution is 2.37. The van der Waals surface area contributed by atoms with Crippen molar-refractivity contribution in [2.45, 2.75) is 45.6 Å². The van der Waals surface area contributed by atoms with E-state index in [1.54, 1.807) is 23.1 Å². The Balaban J connectivity index is 2.11. The number of carbonyl (C=O) groups excluding carboxylic acids is 1. The first-order chi connectivity index (χ1) is 9.32. The van der Waals surface area contributed by atoms with Gasteiger partial charge in [-0.1, -0.05) is 19.9 Å². The van der Waals surface area contributed by atoms with Crippen LogP contribution < -0.4 is 5.73 Å². The fraction of sp³-hybridized carbons (Fsp3) is 0.562. The lowest BCUT2D eigenvalue weighted by Crippen LogP contribution is -2.40. The molecule has 0 heterocycles. The van der Waals surface area contributed by atoms with Crippen LogP contribution in [0.25, 0.3) is 0 Å². The number of nitrogen functional groups attached to an aromatic ring is 1. The van der Waals surface area contributed by atoms with Crippen LogP contribution in [0, 0.1) is 5.41 Å². The minimum Gasteiger partial charge on any atom is -0.505 e. The number of carbonyl (C=O) groups is 1. The second-order valence-corrected chi connectivity index (χ2v) is 6.55. The summed E-state index contributed by atoms with van der Waals surface area (Å²) in [6.07, 6.45) is 4.27. The number of hydrogen-bond donors (Lipinski definition) is 2. The Labute approximate surface area is 120 Å². The van der Waals surface area contributed by atoms with Crippen molar-refractivity contribution in [3.05, 3.63) is 23.8 Å². The highest BCUT2D eigenvalue weighted by atomic mass is 16.3. The minimum atomic E-state index is -0.153. The maximum atomic E-state index is 12.5. The van der Waals surface area contributed by atoms with Gasteiger partial charge in [0.15, 0.2) is 5.75 Å². The molecule has 1 amide bonds. The molecule has 0 spiro atoms. The zero-order valence-corrected chi connectivity index (χ0v) is 12.5. The van der Waals surface area contributed by atoms with Crippen molar-refractivity contribution >= 4 is 11.6 Å². The van der Waals surface area contributed by atoms with Crippen molar-refractivity contribution in [3.63, 3.8) is 0 Å². The highest BCUT2D eigenvalue weighted by Gasteiger charge is 2.31. The fourth-order valence-corrected chi connectivity index (χ4v) is 2.86. The number of phenolic OH excluding ortho intramolecular Hbond substituents is 1. The van der Waals surface area contributed by atoms with Gasteiger partial charge in [0.2, 0.25) is 0 Å². The van der Waals surface area contributed by atoms with E-state index in [-0.39, 0.29) is 28.9 Å². The van der Waals surface area contributed by atoms with Gasteiger partial charge in [0.1, 0.15) is 0 Å². The van der Waals surface area contributed by atoms with Gasteiger partial charge in [-0.05, 0) is 43.2 Å². The number of hydrogen-bond acceptors (Lipinski definition) is 3. The van der Waals surface area contributed by atoms with Crippen LogP contribution in [0.15, 0.2) is 18.2 Å². The molecule has 1 aromatic carbocycles. The van der Waals surface area contributed by atoms with E-state index in [9.17, 15) is 9.90 Å². The first-order valence-electron chi connectivity index (χ1n) is 7.16. The molecule has 0 aromatic heterocycles. The predicted molar refractivity (Wildman–Crippen MR) is 80.6 cm³/mol. The van der Waals surface area contributed by atoms with Crippen LogP contribution in [0.2, 0.25) is 0 Å². The summed E-state index contributed by atoms with van der Waals surface area (Å²) in [7, 11) is 1.81. The number of nitrogens with zero attached hydrogens (tertiary/aromatic N) is 1. The molecular weight excluding hydrogens is 252 g/mol. The molecular formula is C16H24N2O2. The highest BCUT2D eigenvalue weighted by molar-refractivity contribution is 5.98. The Morgan fingerprint density at radius 3 is 2.55 bits per heavy atom. The maximum Gasteiger partial charge on any atom is 0.257 e. The normalized spacial score (nSPS) is 18.8. The number of para-hydroxylation sites is 1. The summed E-state index contributed by atoms with van der Waals surface area (Å²) in [5.74, 6) is -0.264. The lowest BCUT2D eigenvalue weighted by molar-refractivity contribution is 0.0632. The molecule has 1 saturated carbocycles. The number of aromatic hydroxyl groups is 1. The van der Waals surface area contributed by atoms with E-state index in [0.29, 0.717) is 5.41 Å². The molecule has 1 aliphatic rings. The molecule has 3 N–H and O–H groups in total. The predicted octanol–water partition coefficient (Wildman–Crippen LogP) is 3.02. The smallest absolute Gasteiger partial charge is 0.257 e. The number of rotatable bonds is 2. The van der Waals surface area contributed by atoms with Gasteiger partial charge in [-0.15, -0.1) is 0 Å². The summed E-state index contributed by atoms with van der Waals surface area (Å²) < 4.78 is 0. The molecule has 20 heavy (non-hydrogen) atoms. The van der Waals surface area contributed by atoms with Crippen molar-refractivity contribution < 1.29 is 9.90 Å². The summed E-state index contributed by atoms with van der Waals surface area (Å²) >= 11 is 0. The van der Waals surface area contributed by atoms with Crippen molar-refractivity contribution in [1.82, 2.24) is 4.90 Å². The quantitative estimate of drug-likeness (QED) is 0.644. The zero-order chi connectivity index (χ0) is 14.9. The molecule has 1 aromatic rings. The van der Waals surface area contributed by atoms with Gasteiger partial charge in [0.25, 0.3) is 5.91 Å². The van der Waals surface area contributed by atoms with Crippen LogP contribution in [0.4, 0.5) is 5.69 Å². The third-order valence-electron chi connectivity index (χ3n) is 4.47. The summed E-state index contributed by atoms with van der Waals surface area (Å²) in [5, 5.41) is 9.93. The number of anilines is 1. The van der Waals surface area contributed by atoms with E-state index in [2.05, 4.69) is 13.8 Å². The van der Waals surface area contributed by atoms with Gasteiger partial charge in [0, 0.05) is 13.1 Å². The SMILES string of the molecule is CN(C(=O)c1cccc(N)c1O)C1CCC(C)(C)CC1. The molecule has 1 fully saturated rings. The van der Waals surface area contributed by atoms with E-state index < -0.39 is 0 Å². The summed E-state index contributed by atoms with van der Waals surface area (Å²) in [6.45, 7) is 4.55. The molecule has 0 bridgehead atoms. The van der Waals surface area contributed by atoms with E-state index in [0.717, 1.165) is 25.7 Å². The van der Waals surface area contributed by atoms with Crippen LogP contribution in [0.5, 0.6) is 5.75 Å². The maximum absolute atomic E-state index is 12.5. The van der Waals surface area contributed by atoms with E-state index >= 15 is 0 Å².